The standard InChI is InChI=1S/C23H31N3O2/c1-19(12-13-20-8-4-2-5-9-20)24-23(27)25-22(21-10-6-3-7-11-21)18-26-14-16-28-17-15-26/h2-11,19,22H,12-18H2,1H3,(H2,24,25,27). The lowest BCUT2D eigenvalue weighted by Gasteiger charge is -2.31. The third kappa shape index (κ3) is 6.66. The van der Waals surface area contributed by atoms with Crippen molar-refractivity contribution in [3.05, 3.63) is 71.8 Å². The zero-order chi connectivity index (χ0) is 19.6. The van der Waals surface area contributed by atoms with E-state index in [4.69, 9.17) is 4.74 Å². The van der Waals surface area contributed by atoms with Crippen LogP contribution in [0.25, 0.3) is 0 Å². The number of benzene rings is 2. The Morgan fingerprint density at radius 1 is 1.00 bits per heavy atom. The number of urea groups is 1. The summed E-state index contributed by atoms with van der Waals surface area (Å²) in [7, 11) is 0. The fraction of sp³-hybridized carbons (Fsp3) is 0.435. The lowest BCUT2D eigenvalue weighted by atomic mass is 10.1. The number of morpholine rings is 1. The van der Waals surface area contributed by atoms with Gasteiger partial charge in [0.1, 0.15) is 0 Å². The molecule has 2 aromatic rings. The highest BCUT2D eigenvalue weighted by molar-refractivity contribution is 5.74. The maximum Gasteiger partial charge on any atom is 0.315 e. The third-order valence-electron chi connectivity index (χ3n) is 5.14. The molecule has 1 fully saturated rings. The van der Waals surface area contributed by atoms with E-state index < -0.39 is 0 Å². The lowest BCUT2D eigenvalue weighted by Crippen LogP contribution is -2.47. The van der Waals surface area contributed by atoms with Crippen molar-refractivity contribution in [2.75, 3.05) is 32.8 Å². The molecule has 0 bridgehead atoms. The Hall–Kier alpha value is -2.37. The molecule has 150 valence electrons. The summed E-state index contributed by atoms with van der Waals surface area (Å²) in [5, 5.41) is 6.27. The topological polar surface area (TPSA) is 53.6 Å². The van der Waals surface area contributed by atoms with Gasteiger partial charge in [0.2, 0.25) is 0 Å². The van der Waals surface area contributed by atoms with E-state index in [0.29, 0.717) is 0 Å². The summed E-state index contributed by atoms with van der Waals surface area (Å²) >= 11 is 0. The van der Waals surface area contributed by atoms with Gasteiger partial charge in [0.05, 0.1) is 19.3 Å². The minimum atomic E-state index is -0.109. The van der Waals surface area contributed by atoms with Crippen molar-refractivity contribution in [1.29, 1.82) is 0 Å². The minimum Gasteiger partial charge on any atom is -0.379 e. The Kier molecular flexibility index (Phi) is 7.88. The van der Waals surface area contributed by atoms with Crippen LogP contribution in [0.15, 0.2) is 60.7 Å². The van der Waals surface area contributed by atoms with Gasteiger partial charge in [-0.05, 0) is 30.9 Å². The van der Waals surface area contributed by atoms with Crippen molar-refractivity contribution in [1.82, 2.24) is 15.5 Å². The molecule has 0 spiro atoms. The molecule has 0 aromatic heterocycles. The second-order valence-electron chi connectivity index (χ2n) is 7.42. The van der Waals surface area contributed by atoms with Crippen LogP contribution in [-0.4, -0.2) is 49.8 Å². The second-order valence-corrected chi connectivity index (χ2v) is 7.42. The Bertz CT molecular complexity index is 702. The molecular formula is C23H31N3O2. The predicted molar refractivity (Wildman–Crippen MR) is 112 cm³/mol. The van der Waals surface area contributed by atoms with Crippen LogP contribution in [0.1, 0.15) is 30.5 Å². The van der Waals surface area contributed by atoms with Crippen LogP contribution >= 0.6 is 0 Å². The van der Waals surface area contributed by atoms with E-state index in [1.807, 2.05) is 24.3 Å². The van der Waals surface area contributed by atoms with E-state index >= 15 is 0 Å². The number of hydrogen-bond donors (Lipinski definition) is 2. The van der Waals surface area contributed by atoms with Gasteiger partial charge in [0, 0.05) is 25.7 Å². The highest BCUT2D eigenvalue weighted by atomic mass is 16.5. The number of rotatable bonds is 8. The van der Waals surface area contributed by atoms with Gasteiger partial charge in [0.25, 0.3) is 0 Å². The molecule has 2 N–H and O–H groups in total. The second kappa shape index (κ2) is 10.8. The molecule has 2 aromatic carbocycles. The van der Waals surface area contributed by atoms with E-state index in [1.54, 1.807) is 0 Å². The van der Waals surface area contributed by atoms with Crippen molar-refractivity contribution in [3.8, 4) is 0 Å². The van der Waals surface area contributed by atoms with E-state index in [0.717, 1.165) is 51.3 Å². The normalized spacial score (nSPS) is 16.9. The molecule has 5 heteroatoms. The Labute approximate surface area is 168 Å². The van der Waals surface area contributed by atoms with Crippen LogP contribution < -0.4 is 10.6 Å². The molecule has 0 aliphatic carbocycles. The van der Waals surface area contributed by atoms with Gasteiger partial charge in [-0.3, -0.25) is 4.90 Å². The first-order chi connectivity index (χ1) is 13.7. The molecule has 2 atom stereocenters. The Morgan fingerprint density at radius 2 is 1.64 bits per heavy atom. The smallest absolute Gasteiger partial charge is 0.315 e. The fourth-order valence-electron chi connectivity index (χ4n) is 3.49. The number of ether oxygens (including phenoxy) is 1. The molecule has 1 saturated heterocycles. The molecule has 5 nitrogen and oxygen atoms in total. The van der Waals surface area contributed by atoms with Crippen molar-refractivity contribution in [3.63, 3.8) is 0 Å². The average molecular weight is 382 g/mol. The van der Waals surface area contributed by atoms with Crippen LogP contribution in [0.5, 0.6) is 0 Å². The van der Waals surface area contributed by atoms with Crippen LogP contribution in [0.4, 0.5) is 4.79 Å². The number of hydrogen-bond acceptors (Lipinski definition) is 3. The highest BCUT2D eigenvalue weighted by Gasteiger charge is 2.20. The van der Waals surface area contributed by atoms with Crippen LogP contribution in [0.2, 0.25) is 0 Å². The monoisotopic (exact) mass is 381 g/mol. The molecule has 1 aliphatic heterocycles. The molecule has 1 heterocycles. The zero-order valence-electron chi connectivity index (χ0n) is 16.6. The van der Waals surface area contributed by atoms with Crippen molar-refractivity contribution >= 4 is 6.03 Å². The number of amides is 2. The van der Waals surface area contributed by atoms with Gasteiger partial charge in [-0.1, -0.05) is 60.7 Å². The van der Waals surface area contributed by atoms with Crippen LogP contribution in [0.3, 0.4) is 0 Å². The fourth-order valence-corrected chi connectivity index (χ4v) is 3.49. The van der Waals surface area contributed by atoms with Crippen LogP contribution in [0, 0.1) is 0 Å². The number of nitrogens with one attached hydrogen (secondary N) is 2. The molecule has 2 amide bonds. The molecule has 2 unspecified atom stereocenters. The van der Waals surface area contributed by atoms with Gasteiger partial charge in [-0.25, -0.2) is 4.79 Å². The Morgan fingerprint density at radius 3 is 2.32 bits per heavy atom. The van der Waals surface area contributed by atoms with Crippen molar-refractivity contribution < 1.29 is 9.53 Å². The van der Waals surface area contributed by atoms with Crippen molar-refractivity contribution in [2.24, 2.45) is 0 Å². The summed E-state index contributed by atoms with van der Waals surface area (Å²) in [5.41, 5.74) is 2.42. The maximum absolute atomic E-state index is 12.6. The number of aryl methyl sites for hydroxylation is 1. The molecule has 1 aliphatic rings. The SMILES string of the molecule is CC(CCc1ccccc1)NC(=O)NC(CN1CCOCC1)c1ccccc1. The first kappa shape index (κ1) is 20.4. The highest BCUT2D eigenvalue weighted by Crippen LogP contribution is 2.15. The van der Waals surface area contributed by atoms with Crippen LogP contribution in [-0.2, 0) is 11.2 Å². The quantitative estimate of drug-likeness (QED) is 0.737. The molecular weight excluding hydrogens is 350 g/mol. The molecule has 0 saturated carbocycles. The molecule has 3 rings (SSSR count). The van der Waals surface area contributed by atoms with E-state index in [9.17, 15) is 4.79 Å². The van der Waals surface area contributed by atoms with Gasteiger partial charge >= 0.3 is 6.03 Å². The predicted octanol–water partition coefficient (Wildman–Crippen LogP) is 3.38. The summed E-state index contributed by atoms with van der Waals surface area (Å²) in [4.78, 5) is 15.0. The van der Waals surface area contributed by atoms with Crippen molar-refractivity contribution in [2.45, 2.75) is 31.8 Å². The zero-order valence-corrected chi connectivity index (χ0v) is 16.6. The number of carbonyl (C=O) groups is 1. The first-order valence-corrected chi connectivity index (χ1v) is 10.2. The van der Waals surface area contributed by atoms with Gasteiger partial charge in [0.15, 0.2) is 0 Å². The molecule has 28 heavy (non-hydrogen) atoms. The largest absolute Gasteiger partial charge is 0.379 e. The van der Waals surface area contributed by atoms with E-state index in [-0.39, 0.29) is 18.1 Å². The third-order valence-corrected chi connectivity index (χ3v) is 5.14. The van der Waals surface area contributed by atoms with E-state index in [1.165, 1.54) is 5.56 Å². The summed E-state index contributed by atoms with van der Waals surface area (Å²) in [6, 6.07) is 20.5. The van der Waals surface area contributed by atoms with Gasteiger partial charge < -0.3 is 15.4 Å². The summed E-state index contributed by atoms with van der Waals surface area (Å²) in [5.74, 6) is 0. The van der Waals surface area contributed by atoms with Gasteiger partial charge in [-0.2, -0.15) is 0 Å². The first-order valence-electron chi connectivity index (χ1n) is 10.2. The summed E-state index contributed by atoms with van der Waals surface area (Å²) in [6.45, 7) is 6.16. The minimum absolute atomic E-state index is 0.0411. The number of nitrogens with zero attached hydrogens (tertiary/aromatic N) is 1. The summed E-state index contributed by atoms with van der Waals surface area (Å²) in [6.07, 6.45) is 1.87. The lowest BCUT2D eigenvalue weighted by molar-refractivity contribution is 0.0339. The average Bonchev–Trinajstić information content (AvgIpc) is 2.74. The van der Waals surface area contributed by atoms with Gasteiger partial charge in [-0.15, -0.1) is 0 Å². The number of carbonyl (C=O) groups excluding carboxylic acids is 1. The summed E-state index contributed by atoms with van der Waals surface area (Å²) < 4.78 is 5.44. The maximum atomic E-state index is 12.6. The molecule has 0 radical (unpaired) electrons. The Balaban J connectivity index is 1.52. The van der Waals surface area contributed by atoms with E-state index in [2.05, 4.69) is 58.9 Å².